The van der Waals surface area contributed by atoms with Crippen molar-refractivity contribution in [3.8, 4) is 0 Å². The largest absolute Gasteiger partial charge is 0.338 e. The van der Waals surface area contributed by atoms with Crippen LogP contribution < -0.4 is 16.0 Å². The first-order valence-corrected chi connectivity index (χ1v) is 9.46. The molecule has 1 atom stereocenters. The number of nitrogens with zero attached hydrogens (tertiary/aromatic N) is 2. The fraction of sp³-hybridized carbons (Fsp3) is 0.182. The minimum atomic E-state index is -0.725. The van der Waals surface area contributed by atoms with E-state index in [1.54, 1.807) is 42.2 Å². The van der Waals surface area contributed by atoms with E-state index in [0.717, 1.165) is 0 Å². The molecule has 9 heteroatoms. The average Bonchev–Trinajstić information content (AvgIpc) is 3.10. The number of benzene rings is 2. The number of nitrogens with one attached hydrogen (secondary N) is 3. The first-order valence-electron chi connectivity index (χ1n) is 9.46. The van der Waals surface area contributed by atoms with E-state index in [-0.39, 0.29) is 17.4 Å². The molecule has 0 saturated carbocycles. The molecule has 1 aromatic heterocycles. The summed E-state index contributed by atoms with van der Waals surface area (Å²) in [5, 5.41) is 8.08. The van der Waals surface area contributed by atoms with Crippen LogP contribution >= 0.6 is 0 Å². The molecule has 0 bridgehead atoms. The Hall–Kier alpha value is -4.01. The van der Waals surface area contributed by atoms with Crippen LogP contribution in [-0.4, -0.2) is 27.3 Å². The van der Waals surface area contributed by atoms with Crippen molar-refractivity contribution in [2.75, 3.05) is 10.6 Å². The Morgan fingerprint density at radius 1 is 1.00 bits per heavy atom. The third-order valence-electron chi connectivity index (χ3n) is 4.41. The average molecular weight is 423 g/mol. The van der Waals surface area contributed by atoms with Crippen LogP contribution in [0.2, 0.25) is 0 Å². The minimum Gasteiger partial charge on any atom is -0.338 e. The van der Waals surface area contributed by atoms with E-state index < -0.39 is 17.8 Å². The quantitative estimate of drug-likeness (QED) is 0.567. The Kier molecular flexibility index (Phi) is 6.44. The van der Waals surface area contributed by atoms with Crippen molar-refractivity contribution in [3.63, 3.8) is 0 Å². The predicted octanol–water partition coefficient (Wildman–Crippen LogP) is 3.00. The van der Waals surface area contributed by atoms with Crippen molar-refractivity contribution >= 4 is 29.1 Å². The third-order valence-corrected chi connectivity index (χ3v) is 4.41. The van der Waals surface area contributed by atoms with Crippen molar-refractivity contribution in [3.05, 3.63) is 77.6 Å². The molecule has 3 amide bonds. The van der Waals surface area contributed by atoms with Crippen LogP contribution in [0.4, 0.5) is 15.8 Å². The monoisotopic (exact) mass is 423 g/mol. The molecule has 1 heterocycles. The number of halogens is 1. The highest BCUT2D eigenvalue weighted by atomic mass is 19.1. The molecule has 1 unspecified atom stereocenters. The van der Waals surface area contributed by atoms with Gasteiger partial charge in [-0.3, -0.25) is 14.4 Å². The molecule has 0 aliphatic rings. The van der Waals surface area contributed by atoms with Gasteiger partial charge in [-0.25, -0.2) is 9.37 Å². The van der Waals surface area contributed by atoms with Crippen LogP contribution in [0.3, 0.4) is 0 Å². The van der Waals surface area contributed by atoms with Crippen LogP contribution in [0, 0.1) is 5.82 Å². The molecule has 3 rings (SSSR count). The summed E-state index contributed by atoms with van der Waals surface area (Å²) in [6, 6.07) is 9.69. The van der Waals surface area contributed by atoms with Crippen molar-refractivity contribution in [2.24, 2.45) is 7.05 Å². The topological polar surface area (TPSA) is 105 Å². The van der Waals surface area contributed by atoms with Gasteiger partial charge >= 0.3 is 0 Å². The van der Waals surface area contributed by atoms with Crippen molar-refractivity contribution in [1.29, 1.82) is 0 Å². The lowest BCUT2D eigenvalue weighted by Gasteiger charge is -2.20. The Bertz CT molecular complexity index is 1110. The Balaban J connectivity index is 1.98. The summed E-state index contributed by atoms with van der Waals surface area (Å²) in [6.07, 6.45) is 3.31. The van der Waals surface area contributed by atoms with E-state index in [4.69, 9.17) is 0 Å². The van der Waals surface area contributed by atoms with Crippen molar-refractivity contribution < 1.29 is 18.8 Å². The number of aryl methyl sites for hydroxylation is 1. The predicted molar refractivity (Wildman–Crippen MR) is 114 cm³/mol. The number of amides is 3. The van der Waals surface area contributed by atoms with E-state index >= 15 is 0 Å². The van der Waals surface area contributed by atoms with E-state index in [2.05, 4.69) is 20.9 Å². The summed E-state index contributed by atoms with van der Waals surface area (Å²) in [4.78, 5) is 40.4. The van der Waals surface area contributed by atoms with Crippen molar-refractivity contribution in [1.82, 2.24) is 14.9 Å². The zero-order valence-electron chi connectivity index (χ0n) is 17.3. The van der Waals surface area contributed by atoms with Gasteiger partial charge in [-0.2, -0.15) is 0 Å². The second-order valence-corrected chi connectivity index (χ2v) is 7.02. The van der Waals surface area contributed by atoms with Crippen LogP contribution in [0.25, 0.3) is 0 Å². The summed E-state index contributed by atoms with van der Waals surface area (Å²) in [5.74, 6) is -1.06. The maximum atomic E-state index is 13.9. The van der Waals surface area contributed by atoms with Crippen LogP contribution in [0.15, 0.2) is 54.9 Å². The lowest BCUT2D eigenvalue weighted by atomic mass is 10.0. The van der Waals surface area contributed by atoms with E-state index in [1.807, 2.05) is 0 Å². The molecule has 0 saturated heterocycles. The molecule has 3 N–H and O–H groups in total. The molecular formula is C22H22FN5O3. The SMILES string of the molecule is CC(=O)Nc1cc(NC(C)=O)cc(C(=O)NC(c2cccc(F)c2)c2nccn2C)c1. The summed E-state index contributed by atoms with van der Waals surface area (Å²) in [6.45, 7) is 2.68. The molecule has 2 aromatic carbocycles. The lowest BCUT2D eigenvalue weighted by Crippen LogP contribution is -2.31. The standard InChI is InChI=1S/C22H22FN5O3/c1-13(29)25-18-10-16(11-19(12-18)26-14(2)30)22(31)27-20(21-24-7-8-28(21)3)15-5-4-6-17(23)9-15/h4-12,20H,1-3H3,(H,25,29)(H,26,30)(H,27,31). The number of anilines is 2. The molecule has 0 fully saturated rings. The third kappa shape index (κ3) is 5.53. The van der Waals surface area contributed by atoms with Gasteiger partial charge in [0.1, 0.15) is 17.7 Å². The van der Waals surface area contributed by atoms with Gasteiger partial charge in [0.15, 0.2) is 0 Å². The summed E-state index contributed by atoms with van der Waals surface area (Å²) < 4.78 is 15.6. The number of hydrogen-bond donors (Lipinski definition) is 3. The number of carbonyl (C=O) groups excluding carboxylic acids is 3. The summed E-state index contributed by atoms with van der Waals surface area (Å²) in [7, 11) is 1.77. The van der Waals surface area contributed by atoms with Gasteiger partial charge in [-0.15, -0.1) is 0 Å². The Morgan fingerprint density at radius 3 is 2.16 bits per heavy atom. The number of aromatic nitrogens is 2. The summed E-state index contributed by atoms with van der Waals surface area (Å²) >= 11 is 0. The minimum absolute atomic E-state index is 0.200. The molecule has 0 spiro atoms. The zero-order valence-corrected chi connectivity index (χ0v) is 17.3. The maximum Gasteiger partial charge on any atom is 0.252 e. The second-order valence-electron chi connectivity index (χ2n) is 7.02. The Labute approximate surface area is 178 Å². The smallest absolute Gasteiger partial charge is 0.252 e. The van der Waals surface area contributed by atoms with Gasteiger partial charge in [0, 0.05) is 50.2 Å². The number of carbonyl (C=O) groups is 3. The molecule has 31 heavy (non-hydrogen) atoms. The fourth-order valence-electron chi connectivity index (χ4n) is 3.16. The molecule has 8 nitrogen and oxygen atoms in total. The number of imidazole rings is 1. The molecule has 0 aliphatic carbocycles. The molecule has 160 valence electrons. The van der Waals surface area contributed by atoms with Crippen molar-refractivity contribution in [2.45, 2.75) is 19.9 Å². The highest BCUT2D eigenvalue weighted by Gasteiger charge is 2.22. The van der Waals surface area contributed by atoms with Crippen LogP contribution in [0.5, 0.6) is 0 Å². The van der Waals surface area contributed by atoms with Gasteiger partial charge in [0.05, 0.1) is 0 Å². The van der Waals surface area contributed by atoms with E-state index in [0.29, 0.717) is 22.8 Å². The molecule has 0 radical (unpaired) electrons. The molecule has 3 aromatic rings. The number of rotatable bonds is 6. The molecular weight excluding hydrogens is 401 g/mol. The lowest BCUT2D eigenvalue weighted by molar-refractivity contribution is -0.115. The van der Waals surface area contributed by atoms with Crippen LogP contribution in [-0.2, 0) is 16.6 Å². The number of hydrogen-bond acceptors (Lipinski definition) is 4. The van der Waals surface area contributed by atoms with Gasteiger partial charge in [-0.05, 0) is 35.9 Å². The van der Waals surface area contributed by atoms with Gasteiger partial charge < -0.3 is 20.5 Å². The highest BCUT2D eigenvalue weighted by molar-refractivity contribution is 6.00. The van der Waals surface area contributed by atoms with Gasteiger partial charge in [0.25, 0.3) is 5.91 Å². The van der Waals surface area contributed by atoms with Gasteiger partial charge in [-0.1, -0.05) is 12.1 Å². The Morgan fingerprint density at radius 2 is 1.65 bits per heavy atom. The van der Waals surface area contributed by atoms with E-state index in [9.17, 15) is 18.8 Å². The zero-order chi connectivity index (χ0) is 22.5. The van der Waals surface area contributed by atoms with Gasteiger partial charge in [0.2, 0.25) is 11.8 Å². The second kappa shape index (κ2) is 9.21. The molecule has 0 aliphatic heterocycles. The van der Waals surface area contributed by atoms with E-state index in [1.165, 1.54) is 38.1 Å². The first kappa shape index (κ1) is 21.7. The van der Waals surface area contributed by atoms with Crippen LogP contribution in [0.1, 0.15) is 41.6 Å². The summed E-state index contributed by atoms with van der Waals surface area (Å²) in [5.41, 5.74) is 1.42. The highest BCUT2D eigenvalue weighted by Crippen LogP contribution is 2.24. The fourth-order valence-corrected chi connectivity index (χ4v) is 3.16. The first-order chi connectivity index (χ1) is 14.7. The normalized spacial score (nSPS) is 11.5. The maximum absolute atomic E-state index is 13.9.